The Morgan fingerprint density at radius 1 is 1.22 bits per heavy atom. The number of phenolic OH excluding ortho intramolecular Hbond substituents is 1. The molecular formula is C14H12BrFO2. The number of hydrogen-bond acceptors (Lipinski definition) is 2. The highest BCUT2D eigenvalue weighted by atomic mass is 79.9. The average Bonchev–Trinajstić information content (AvgIpc) is 2.33. The zero-order chi connectivity index (χ0) is 13.1. The van der Waals surface area contributed by atoms with Gasteiger partial charge >= 0.3 is 0 Å². The Kier molecular flexibility index (Phi) is 3.99. The molecule has 0 atom stereocenters. The molecule has 1 N–H and O–H groups in total. The summed E-state index contributed by atoms with van der Waals surface area (Å²) < 4.78 is 19.8. The molecule has 0 aliphatic heterocycles. The van der Waals surface area contributed by atoms with E-state index in [1.54, 1.807) is 13.2 Å². The Labute approximate surface area is 113 Å². The summed E-state index contributed by atoms with van der Waals surface area (Å²) in [6.07, 6.45) is 0. The summed E-state index contributed by atoms with van der Waals surface area (Å²) in [5.41, 5.74) is 2.16. The third-order valence-electron chi connectivity index (χ3n) is 2.61. The molecule has 0 spiro atoms. The van der Waals surface area contributed by atoms with Gasteiger partial charge in [0, 0.05) is 23.2 Å². The molecule has 4 heteroatoms. The Hall–Kier alpha value is -1.39. The number of rotatable bonds is 3. The first-order chi connectivity index (χ1) is 8.61. The molecule has 0 saturated heterocycles. The van der Waals surface area contributed by atoms with Crippen molar-refractivity contribution >= 4 is 15.9 Å². The van der Waals surface area contributed by atoms with Gasteiger partial charge in [0.25, 0.3) is 0 Å². The molecule has 2 aromatic carbocycles. The van der Waals surface area contributed by atoms with E-state index >= 15 is 0 Å². The fraction of sp³-hybridized carbons (Fsp3) is 0.143. The predicted molar refractivity (Wildman–Crippen MR) is 71.9 cm³/mol. The standard InChI is InChI=1S/C14H12BrFO2/c1-18-8-10-6-9(2-5-13(10)15)12-4-3-11(17)7-14(12)16/h2-7,17H,8H2,1H3. The van der Waals surface area contributed by atoms with Gasteiger partial charge < -0.3 is 9.84 Å². The van der Waals surface area contributed by atoms with Gasteiger partial charge in [-0.1, -0.05) is 22.0 Å². The molecule has 0 aromatic heterocycles. The van der Waals surface area contributed by atoms with Crippen LogP contribution in [0.5, 0.6) is 5.75 Å². The van der Waals surface area contributed by atoms with E-state index in [9.17, 15) is 9.50 Å². The predicted octanol–water partition coefficient (Wildman–Crippen LogP) is 4.11. The molecule has 0 saturated carbocycles. The van der Waals surface area contributed by atoms with Gasteiger partial charge in [-0.15, -0.1) is 0 Å². The maximum atomic E-state index is 13.8. The Morgan fingerprint density at radius 3 is 2.67 bits per heavy atom. The van der Waals surface area contributed by atoms with Crippen LogP contribution in [-0.4, -0.2) is 12.2 Å². The van der Waals surface area contributed by atoms with Gasteiger partial charge in [-0.25, -0.2) is 4.39 Å². The van der Waals surface area contributed by atoms with E-state index in [1.807, 2.05) is 18.2 Å². The van der Waals surface area contributed by atoms with Crippen molar-refractivity contribution in [2.24, 2.45) is 0 Å². The quantitative estimate of drug-likeness (QED) is 0.924. The van der Waals surface area contributed by atoms with E-state index in [0.29, 0.717) is 12.2 Å². The first kappa shape index (κ1) is 13.1. The minimum Gasteiger partial charge on any atom is -0.508 e. The van der Waals surface area contributed by atoms with Gasteiger partial charge in [-0.05, 0) is 35.4 Å². The minimum absolute atomic E-state index is 0.0783. The number of aromatic hydroxyl groups is 1. The largest absolute Gasteiger partial charge is 0.508 e. The summed E-state index contributed by atoms with van der Waals surface area (Å²) in [4.78, 5) is 0. The first-order valence-electron chi connectivity index (χ1n) is 5.38. The second kappa shape index (κ2) is 5.50. The van der Waals surface area contributed by atoms with E-state index in [1.165, 1.54) is 6.07 Å². The molecule has 2 nitrogen and oxygen atoms in total. The molecule has 0 amide bonds. The van der Waals surface area contributed by atoms with Crippen molar-refractivity contribution in [3.63, 3.8) is 0 Å². The van der Waals surface area contributed by atoms with Gasteiger partial charge in [-0.2, -0.15) is 0 Å². The number of benzene rings is 2. The van der Waals surface area contributed by atoms with Crippen LogP contribution >= 0.6 is 15.9 Å². The summed E-state index contributed by atoms with van der Waals surface area (Å²) in [6, 6.07) is 9.67. The Balaban J connectivity index is 2.47. The second-order valence-corrected chi connectivity index (χ2v) is 4.76. The minimum atomic E-state index is -0.444. The number of hydrogen-bond donors (Lipinski definition) is 1. The summed E-state index contributed by atoms with van der Waals surface area (Å²) in [5, 5.41) is 9.20. The number of halogens is 2. The molecule has 0 bridgehead atoms. The molecule has 0 heterocycles. The summed E-state index contributed by atoms with van der Waals surface area (Å²) in [6.45, 7) is 0.453. The summed E-state index contributed by atoms with van der Waals surface area (Å²) in [5.74, 6) is -0.522. The molecule has 2 aromatic rings. The summed E-state index contributed by atoms with van der Waals surface area (Å²) in [7, 11) is 1.61. The van der Waals surface area contributed by atoms with Crippen LogP contribution in [0.1, 0.15) is 5.56 Å². The van der Waals surface area contributed by atoms with Crippen molar-refractivity contribution in [1.29, 1.82) is 0 Å². The SMILES string of the molecule is COCc1cc(-c2ccc(O)cc2F)ccc1Br. The lowest BCUT2D eigenvalue weighted by molar-refractivity contribution is 0.184. The molecular weight excluding hydrogens is 299 g/mol. The van der Waals surface area contributed by atoms with Crippen molar-refractivity contribution in [3.8, 4) is 16.9 Å². The van der Waals surface area contributed by atoms with Gasteiger partial charge in [0.15, 0.2) is 0 Å². The molecule has 0 unspecified atom stereocenters. The summed E-state index contributed by atoms with van der Waals surface area (Å²) >= 11 is 3.42. The smallest absolute Gasteiger partial charge is 0.134 e. The fourth-order valence-corrected chi connectivity index (χ4v) is 2.11. The molecule has 2 rings (SSSR count). The molecule has 18 heavy (non-hydrogen) atoms. The average molecular weight is 311 g/mol. The normalized spacial score (nSPS) is 10.6. The monoisotopic (exact) mass is 310 g/mol. The Bertz CT molecular complexity index is 570. The van der Waals surface area contributed by atoms with Crippen molar-refractivity contribution in [2.75, 3.05) is 7.11 Å². The van der Waals surface area contributed by atoms with E-state index in [-0.39, 0.29) is 5.75 Å². The lowest BCUT2D eigenvalue weighted by atomic mass is 10.0. The van der Waals surface area contributed by atoms with Crippen molar-refractivity contribution < 1.29 is 14.2 Å². The highest BCUT2D eigenvalue weighted by Crippen LogP contribution is 2.29. The van der Waals surface area contributed by atoms with Crippen LogP contribution in [0.3, 0.4) is 0 Å². The molecule has 0 aliphatic rings. The number of phenols is 1. The van der Waals surface area contributed by atoms with Crippen LogP contribution < -0.4 is 0 Å². The first-order valence-corrected chi connectivity index (χ1v) is 6.17. The van der Waals surface area contributed by atoms with Crippen LogP contribution in [0.4, 0.5) is 4.39 Å². The van der Waals surface area contributed by atoms with Crippen LogP contribution in [0.25, 0.3) is 11.1 Å². The molecule has 0 fully saturated rings. The highest BCUT2D eigenvalue weighted by molar-refractivity contribution is 9.10. The number of ether oxygens (including phenoxy) is 1. The second-order valence-electron chi connectivity index (χ2n) is 3.90. The zero-order valence-corrected chi connectivity index (χ0v) is 11.4. The van der Waals surface area contributed by atoms with E-state index in [2.05, 4.69) is 15.9 Å². The lowest BCUT2D eigenvalue weighted by Gasteiger charge is -2.08. The van der Waals surface area contributed by atoms with Gasteiger partial charge in [0.05, 0.1) is 6.61 Å². The van der Waals surface area contributed by atoms with Crippen LogP contribution in [0.15, 0.2) is 40.9 Å². The van der Waals surface area contributed by atoms with Gasteiger partial charge in [-0.3, -0.25) is 0 Å². The molecule has 0 radical (unpaired) electrons. The molecule has 94 valence electrons. The maximum absolute atomic E-state index is 13.8. The third kappa shape index (κ3) is 2.71. The third-order valence-corrected chi connectivity index (χ3v) is 3.38. The van der Waals surface area contributed by atoms with E-state index in [0.717, 1.165) is 21.7 Å². The number of methoxy groups -OCH3 is 1. The van der Waals surface area contributed by atoms with Crippen molar-refractivity contribution in [3.05, 3.63) is 52.3 Å². The molecule has 0 aliphatic carbocycles. The highest BCUT2D eigenvalue weighted by Gasteiger charge is 2.08. The fourth-order valence-electron chi connectivity index (χ4n) is 1.75. The van der Waals surface area contributed by atoms with Crippen LogP contribution in [0.2, 0.25) is 0 Å². The van der Waals surface area contributed by atoms with E-state index in [4.69, 9.17) is 4.74 Å². The topological polar surface area (TPSA) is 29.5 Å². The van der Waals surface area contributed by atoms with Crippen molar-refractivity contribution in [2.45, 2.75) is 6.61 Å². The van der Waals surface area contributed by atoms with Crippen molar-refractivity contribution in [1.82, 2.24) is 0 Å². The lowest BCUT2D eigenvalue weighted by Crippen LogP contribution is -1.91. The van der Waals surface area contributed by atoms with Gasteiger partial charge in [0.2, 0.25) is 0 Å². The van der Waals surface area contributed by atoms with Gasteiger partial charge in [0.1, 0.15) is 11.6 Å². The Morgan fingerprint density at radius 2 is 2.00 bits per heavy atom. The van der Waals surface area contributed by atoms with Crippen LogP contribution in [-0.2, 0) is 11.3 Å². The maximum Gasteiger partial charge on any atom is 0.134 e. The van der Waals surface area contributed by atoms with E-state index < -0.39 is 5.82 Å². The zero-order valence-electron chi connectivity index (χ0n) is 9.78. The van der Waals surface area contributed by atoms with Crippen LogP contribution in [0, 0.1) is 5.82 Å².